The van der Waals surface area contributed by atoms with Gasteiger partial charge in [0.2, 0.25) is 0 Å². The number of benzene rings is 4. The number of aromatic hydroxyl groups is 5. The maximum atomic E-state index is 12.6. The summed E-state index contributed by atoms with van der Waals surface area (Å²) in [6.07, 6.45) is 27.6. The number of piperidine rings is 1. The van der Waals surface area contributed by atoms with Crippen LogP contribution in [0.2, 0.25) is 0 Å². The van der Waals surface area contributed by atoms with Crippen LogP contribution < -0.4 is 5.32 Å². The molecule has 0 bridgehead atoms. The van der Waals surface area contributed by atoms with Crippen LogP contribution in [0, 0.1) is 46.3 Å². The number of hydrogen-bond acceptors (Lipinski definition) is 9. The number of hydrogen-bond donors (Lipinski definition) is 9. The standard InChI is InChI=1S/C56H61N3O7/c60-36-16-19-39-41(28-36)42-27-35-5-3-23-55(35)25-24-54-22-2-4-34(54)15-21-45(63)52(54)56(55,47-29-57-30-58-47)53(42)59-49(39)33-13-8-31(9-14-33)10-18-40-37(17-11-32-12-20-43(61)46(64)26-32)38-6-1-7-44(62)48(38)51(66)50(40)65/h1,6-9,11-17,19-21,26,29-30,34-36,39,41-42,45,49,52-53,59-66H,2-5,10,18,22-25,27-28H2,(H,57,58). The molecule has 9 N–H and O–H groups in total. The van der Waals surface area contributed by atoms with E-state index in [0.29, 0.717) is 52.7 Å². The largest absolute Gasteiger partial charge is 0.507 e. The molecule has 1 aliphatic heterocycles. The number of aromatic nitrogens is 2. The Balaban J connectivity index is 0.916. The summed E-state index contributed by atoms with van der Waals surface area (Å²) in [6.45, 7) is 0. The number of imidazole rings is 1. The van der Waals surface area contributed by atoms with Crippen molar-refractivity contribution in [1.29, 1.82) is 0 Å². The number of phenols is 5. The first-order valence-corrected chi connectivity index (χ1v) is 24.5. The average Bonchev–Trinajstić information content (AvgIpc) is 4.11. The molecule has 2 heterocycles. The number of aliphatic hydroxyl groups excluding tert-OH is 2. The highest BCUT2D eigenvalue weighted by Gasteiger charge is 2.77. The van der Waals surface area contributed by atoms with Gasteiger partial charge in [0.1, 0.15) is 5.75 Å². The van der Waals surface area contributed by atoms with Crippen molar-refractivity contribution in [3.8, 4) is 28.7 Å². The van der Waals surface area contributed by atoms with Crippen LogP contribution >= 0.6 is 0 Å². The number of phenolic OH excluding ortho intramolecular Hbond substituents is 5. The molecular formula is C56H61N3O7. The van der Waals surface area contributed by atoms with E-state index in [9.17, 15) is 35.7 Å². The average molecular weight is 888 g/mol. The zero-order valence-corrected chi connectivity index (χ0v) is 37.2. The number of allylic oxidation sites excluding steroid dienone is 1. The highest BCUT2D eigenvalue weighted by atomic mass is 16.3. The highest BCUT2D eigenvalue weighted by molar-refractivity contribution is 6.03. The number of aromatic amines is 1. The fraction of sp³-hybridized carbons (Fsp3) is 0.446. The first-order valence-electron chi connectivity index (χ1n) is 24.5. The number of aryl methyl sites for hydroxylation is 1. The van der Waals surface area contributed by atoms with Crippen LogP contribution in [-0.2, 0) is 18.3 Å². The smallest absolute Gasteiger partial charge is 0.169 e. The van der Waals surface area contributed by atoms with E-state index in [0.717, 1.165) is 31.2 Å². The Hall–Kier alpha value is -5.55. The third-order valence-corrected chi connectivity index (χ3v) is 18.8. The van der Waals surface area contributed by atoms with Gasteiger partial charge < -0.3 is 46.0 Å². The van der Waals surface area contributed by atoms with E-state index in [2.05, 4.69) is 59.0 Å². The second kappa shape index (κ2) is 15.5. The van der Waals surface area contributed by atoms with E-state index < -0.39 is 12.2 Å². The minimum atomic E-state index is -0.555. The number of nitrogens with zero attached hydrogens (tertiary/aromatic N) is 1. The van der Waals surface area contributed by atoms with Crippen molar-refractivity contribution in [2.45, 2.75) is 107 Å². The van der Waals surface area contributed by atoms with Crippen molar-refractivity contribution in [3.05, 3.63) is 131 Å². The number of nitrogens with one attached hydrogen (secondary N) is 2. The third-order valence-electron chi connectivity index (χ3n) is 18.8. The number of fused-ring (bicyclic) bond motifs is 6. The molecule has 66 heavy (non-hydrogen) atoms. The maximum Gasteiger partial charge on any atom is 0.169 e. The van der Waals surface area contributed by atoms with E-state index in [1.165, 1.54) is 68.0 Å². The summed E-state index contributed by atoms with van der Waals surface area (Å²) in [6, 6.07) is 18.4. The predicted molar refractivity (Wildman–Crippen MR) is 254 cm³/mol. The molecule has 10 heteroatoms. The molecular weight excluding hydrogens is 827 g/mol. The summed E-state index contributed by atoms with van der Waals surface area (Å²) < 4.78 is 0. The Morgan fingerprint density at radius 3 is 2.41 bits per heavy atom. The van der Waals surface area contributed by atoms with Gasteiger partial charge in [-0.25, -0.2) is 4.98 Å². The van der Waals surface area contributed by atoms with Gasteiger partial charge in [-0.15, -0.1) is 0 Å². The van der Waals surface area contributed by atoms with E-state index in [-0.39, 0.29) is 80.2 Å². The second-order valence-electron chi connectivity index (χ2n) is 21.2. The van der Waals surface area contributed by atoms with Crippen LogP contribution in [0.4, 0.5) is 0 Å². The SMILES string of the molecule is Oc1ccc(C=Cc2c(CCc3ccc(C4NC5C(CC6CCCC67CCC68CCCC6C=CC(O)C8C57c5cnc[nH]5)C5CC(O)C=CC45)cc3)c(O)c(O)c3c(O)cccc23)cc1O. The minimum absolute atomic E-state index is 0.0225. The zero-order chi connectivity index (χ0) is 45.1. The number of aliphatic hydroxyl groups is 2. The Morgan fingerprint density at radius 1 is 0.742 bits per heavy atom. The normalized spacial score (nSPS) is 36.4. The summed E-state index contributed by atoms with van der Waals surface area (Å²) in [5.41, 5.74) is 4.89. The fourth-order valence-corrected chi connectivity index (χ4v) is 16.4. The number of rotatable bonds is 7. The molecule has 342 valence electrons. The van der Waals surface area contributed by atoms with Gasteiger partial charge in [0.15, 0.2) is 23.0 Å². The molecule has 4 saturated carbocycles. The van der Waals surface area contributed by atoms with Crippen LogP contribution in [0.3, 0.4) is 0 Å². The minimum Gasteiger partial charge on any atom is -0.507 e. The van der Waals surface area contributed by atoms with Gasteiger partial charge in [0.05, 0.1) is 23.9 Å². The zero-order valence-electron chi connectivity index (χ0n) is 37.2. The van der Waals surface area contributed by atoms with Crippen LogP contribution in [-0.4, -0.2) is 64.0 Å². The van der Waals surface area contributed by atoms with Crippen molar-refractivity contribution >= 4 is 22.9 Å². The van der Waals surface area contributed by atoms with E-state index in [1.54, 1.807) is 30.4 Å². The van der Waals surface area contributed by atoms with Gasteiger partial charge in [-0.3, -0.25) is 0 Å². The summed E-state index contributed by atoms with van der Waals surface area (Å²) in [5.74, 6) is 0.524. The molecule has 7 aliphatic rings. The molecule has 5 aromatic rings. The summed E-state index contributed by atoms with van der Waals surface area (Å²) in [5, 5.41) is 82.9. The molecule has 12 rings (SSSR count). The lowest BCUT2D eigenvalue weighted by molar-refractivity contribution is -0.208. The van der Waals surface area contributed by atoms with E-state index in [4.69, 9.17) is 4.98 Å². The summed E-state index contributed by atoms with van der Waals surface area (Å²) in [7, 11) is 0. The second-order valence-corrected chi connectivity index (χ2v) is 21.2. The maximum absolute atomic E-state index is 12.6. The van der Waals surface area contributed by atoms with Gasteiger partial charge in [-0.2, -0.15) is 0 Å². The van der Waals surface area contributed by atoms with Gasteiger partial charge in [0.25, 0.3) is 0 Å². The third kappa shape index (κ3) is 5.92. The van der Waals surface area contributed by atoms with Crippen molar-refractivity contribution in [2.24, 2.45) is 46.3 Å². The van der Waals surface area contributed by atoms with E-state index >= 15 is 0 Å². The van der Waals surface area contributed by atoms with Gasteiger partial charge in [-0.05, 0) is 150 Å². The molecule has 1 aromatic heterocycles. The van der Waals surface area contributed by atoms with Gasteiger partial charge >= 0.3 is 0 Å². The first kappa shape index (κ1) is 41.9. The van der Waals surface area contributed by atoms with Gasteiger partial charge in [-0.1, -0.05) is 91.8 Å². The molecule has 6 aliphatic carbocycles. The molecule has 10 nitrogen and oxygen atoms in total. The monoisotopic (exact) mass is 887 g/mol. The molecule has 4 aromatic carbocycles. The van der Waals surface area contributed by atoms with Crippen LogP contribution in [0.25, 0.3) is 22.9 Å². The van der Waals surface area contributed by atoms with Crippen molar-refractivity contribution in [1.82, 2.24) is 15.3 Å². The molecule has 0 amide bonds. The predicted octanol–water partition coefficient (Wildman–Crippen LogP) is 9.48. The Bertz CT molecular complexity index is 2780. The Morgan fingerprint density at radius 2 is 1.59 bits per heavy atom. The quantitative estimate of drug-likeness (QED) is 0.0437. The lowest BCUT2D eigenvalue weighted by Gasteiger charge is -2.74. The van der Waals surface area contributed by atoms with Crippen molar-refractivity contribution in [2.75, 3.05) is 0 Å². The number of H-pyrrole nitrogens is 1. The molecule has 2 spiro atoms. The lowest BCUT2D eigenvalue weighted by atomic mass is 9.32. The molecule has 5 fully saturated rings. The van der Waals surface area contributed by atoms with E-state index in [1.807, 2.05) is 12.4 Å². The molecule has 1 saturated heterocycles. The highest BCUT2D eigenvalue weighted by Crippen LogP contribution is 2.78. The molecule has 13 atom stereocenters. The molecule has 13 unspecified atom stereocenters. The first-order chi connectivity index (χ1) is 32.0. The van der Waals surface area contributed by atoms with Crippen LogP contribution in [0.15, 0.2) is 97.5 Å². The summed E-state index contributed by atoms with van der Waals surface area (Å²) >= 11 is 0. The van der Waals surface area contributed by atoms with Crippen LogP contribution in [0.5, 0.6) is 28.7 Å². The molecule has 0 radical (unpaired) electrons. The Labute approximate surface area is 385 Å². The van der Waals surface area contributed by atoms with Gasteiger partial charge in [0, 0.05) is 40.9 Å². The fourth-order valence-electron chi connectivity index (χ4n) is 16.4. The van der Waals surface area contributed by atoms with Crippen molar-refractivity contribution < 1.29 is 35.7 Å². The van der Waals surface area contributed by atoms with Crippen molar-refractivity contribution in [3.63, 3.8) is 0 Å². The Kier molecular flexibility index (Phi) is 9.83. The topological polar surface area (TPSA) is 182 Å². The van der Waals surface area contributed by atoms with Crippen LogP contribution in [0.1, 0.15) is 104 Å². The summed E-state index contributed by atoms with van der Waals surface area (Å²) in [4.78, 5) is 8.53. The lowest BCUT2D eigenvalue weighted by Crippen LogP contribution is -2.77.